The van der Waals surface area contributed by atoms with E-state index in [1.54, 1.807) is 11.8 Å². The summed E-state index contributed by atoms with van der Waals surface area (Å²) in [5.41, 5.74) is 0. The van der Waals surface area contributed by atoms with E-state index >= 15 is 0 Å². The number of hydrogen-bond donors (Lipinski definition) is 0. The van der Waals surface area contributed by atoms with Crippen molar-refractivity contribution in [1.29, 1.82) is 0 Å². The van der Waals surface area contributed by atoms with E-state index in [4.69, 9.17) is 0 Å². The molecule has 0 fully saturated rings. The largest absolute Gasteiger partial charge is 0.295 e. The third kappa shape index (κ3) is 2.34. The van der Waals surface area contributed by atoms with E-state index in [0.29, 0.717) is 5.78 Å². The average Bonchev–Trinajstić information content (AvgIpc) is 2.57. The zero-order chi connectivity index (χ0) is 9.10. The summed E-state index contributed by atoms with van der Waals surface area (Å²) in [6.07, 6.45) is 12.0. The molecule has 2 heteroatoms. The van der Waals surface area contributed by atoms with Gasteiger partial charge in [-0.3, -0.25) is 4.79 Å². The van der Waals surface area contributed by atoms with Gasteiger partial charge in [0.25, 0.3) is 0 Å². The highest BCUT2D eigenvalue weighted by atomic mass is 32.2. The molecule has 68 valence electrons. The average molecular weight is 192 g/mol. The normalized spacial score (nSPS) is 21.7. The smallest absolute Gasteiger partial charge is 0.156 e. The third-order valence-corrected chi connectivity index (χ3v) is 3.32. The second-order valence-corrected chi connectivity index (χ2v) is 4.55. The van der Waals surface area contributed by atoms with Crippen molar-refractivity contribution >= 4 is 17.5 Å². The lowest BCUT2D eigenvalue weighted by Crippen LogP contribution is -2.00. The lowest BCUT2D eigenvalue weighted by atomic mass is 10.1. The van der Waals surface area contributed by atoms with E-state index in [0.717, 1.165) is 25.7 Å². The minimum atomic E-state index is 0.292. The van der Waals surface area contributed by atoms with Crippen molar-refractivity contribution in [3.8, 4) is 0 Å². The highest BCUT2D eigenvalue weighted by Crippen LogP contribution is 2.35. The summed E-state index contributed by atoms with van der Waals surface area (Å²) in [5, 5.41) is 0. The van der Waals surface area contributed by atoms with Gasteiger partial charge in [-0.25, -0.2) is 0 Å². The maximum atomic E-state index is 11.1. The number of thioether (sulfide) groups is 1. The van der Waals surface area contributed by atoms with Gasteiger partial charge in [0.05, 0.1) is 0 Å². The van der Waals surface area contributed by atoms with Crippen LogP contribution in [-0.4, -0.2) is 5.78 Å². The molecule has 0 aromatic heterocycles. The van der Waals surface area contributed by atoms with Gasteiger partial charge >= 0.3 is 0 Å². The van der Waals surface area contributed by atoms with Crippen LogP contribution >= 0.6 is 11.8 Å². The molecule has 0 aromatic rings. The fourth-order valence-electron chi connectivity index (χ4n) is 1.51. The zero-order valence-corrected chi connectivity index (χ0v) is 8.27. The summed E-state index contributed by atoms with van der Waals surface area (Å²) in [5.74, 6) is 0.292. The summed E-state index contributed by atoms with van der Waals surface area (Å²) in [7, 11) is 0. The first-order chi connectivity index (χ1) is 6.34. The highest BCUT2D eigenvalue weighted by Gasteiger charge is 2.12. The van der Waals surface area contributed by atoms with Crippen LogP contribution in [-0.2, 0) is 4.79 Å². The molecule has 0 aliphatic heterocycles. The van der Waals surface area contributed by atoms with Gasteiger partial charge in [0.2, 0.25) is 0 Å². The quantitative estimate of drug-likeness (QED) is 0.668. The molecule has 0 spiro atoms. The molecular formula is C11H12OS. The Kier molecular flexibility index (Phi) is 2.69. The maximum absolute atomic E-state index is 11.1. The van der Waals surface area contributed by atoms with Crippen LogP contribution < -0.4 is 0 Å². The molecule has 0 unspecified atom stereocenters. The standard InChI is InChI=1S/C11H12OS/c12-9-4-3-7-11(8-9)13-10-5-1-2-6-10/h1-2,5,8H,3-4,6-7H2. The summed E-state index contributed by atoms with van der Waals surface area (Å²) in [6.45, 7) is 0. The summed E-state index contributed by atoms with van der Waals surface area (Å²) in [6, 6.07) is 0. The van der Waals surface area contributed by atoms with Gasteiger partial charge in [0, 0.05) is 6.42 Å². The van der Waals surface area contributed by atoms with Crippen molar-refractivity contribution in [2.75, 3.05) is 0 Å². The Bertz CT molecular complexity index is 310. The number of carbonyl (C=O) groups excluding carboxylic acids is 1. The predicted octanol–water partition coefficient (Wildman–Crippen LogP) is 3.20. The number of rotatable bonds is 2. The lowest BCUT2D eigenvalue weighted by Gasteiger charge is -2.11. The van der Waals surface area contributed by atoms with Crippen molar-refractivity contribution in [1.82, 2.24) is 0 Å². The summed E-state index contributed by atoms with van der Waals surface area (Å²) < 4.78 is 0. The second-order valence-electron chi connectivity index (χ2n) is 3.30. The van der Waals surface area contributed by atoms with Crippen LogP contribution in [0.2, 0.25) is 0 Å². The summed E-state index contributed by atoms with van der Waals surface area (Å²) >= 11 is 1.77. The first-order valence-electron chi connectivity index (χ1n) is 4.61. The lowest BCUT2D eigenvalue weighted by molar-refractivity contribution is -0.114. The molecular weight excluding hydrogens is 180 g/mol. The van der Waals surface area contributed by atoms with Crippen molar-refractivity contribution in [3.05, 3.63) is 34.1 Å². The minimum Gasteiger partial charge on any atom is -0.295 e. The van der Waals surface area contributed by atoms with Crippen molar-refractivity contribution in [2.24, 2.45) is 0 Å². The Morgan fingerprint density at radius 3 is 2.85 bits per heavy atom. The molecule has 1 nitrogen and oxygen atoms in total. The molecule has 2 aliphatic carbocycles. The molecule has 0 aromatic carbocycles. The number of ketones is 1. The first-order valence-corrected chi connectivity index (χ1v) is 5.43. The van der Waals surface area contributed by atoms with Crippen LogP contribution in [0.5, 0.6) is 0 Å². The van der Waals surface area contributed by atoms with E-state index in [1.807, 2.05) is 6.08 Å². The Hall–Kier alpha value is -0.760. The van der Waals surface area contributed by atoms with Gasteiger partial charge in [-0.1, -0.05) is 30.0 Å². The Morgan fingerprint density at radius 1 is 1.23 bits per heavy atom. The molecule has 0 saturated heterocycles. The zero-order valence-electron chi connectivity index (χ0n) is 7.45. The molecule has 13 heavy (non-hydrogen) atoms. The van der Waals surface area contributed by atoms with E-state index in [1.165, 1.54) is 9.81 Å². The molecule has 2 rings (SSSR count). The molecule has 0 saturated carbocycles. The molecule has 0 radical (unpaired) electrons. The molecule has 0 bridgehead atoms. The molecule has 0 amide bonds. The fourth-order valence-corrected chi connectivity index (χ4v) is 2.61. The molecule has 0 atom stereocenters. The van der Waals surface area contributed by atoms with Crippen LogP contribution in [0, 0.1) is 0 Å². The predicted molar refractivity (Wildman–Crippen MR) is 56.4 cm³/mol. The van der Waals surface area contributed by atoms with E-state index in [9.17, 15) is 4.79 Å². The van der Waals surface area contributed by atoms with Crippen LogP contribution in [0.4, 0.5) is 0 Å². The Morgan fingerprint density at radius 2 is 2.15 bits per heavy atom. The van der Waals surface area contributed by atoms with E-state index in [-0.39, 0.29) is 0 Å². The van der Waals surface area contributed by atoms with Crippen molar-refractivity contribution < 1.29 is 4.79 Å². The van der Waals surface area contributed by atoms with Crippen molar-refractivity contribution in [2.45, 2.75) is 25.7 Å². The van der Waals surface area contributed by atoms with Crippen molar-refractivity contribution in [3.63, 3.8) is 0 Å². The molecule has 0 heterocycles. The van der Waals surface area contributed by atoms with Gasteiger partial charge < -0.3 is 0 Å². The Balaban J connectivity index is 1.97. The van der Waals surface area contributed by atoms with Gasteiger partial charge in [-0.15, -0.1) is 0 Å². The van der Waals surface area contributed by atoms with Gasteiger partial charge in [-0.2, -0.15) is 0 Å². The van der Waals surface area contributed by atoms with Gasteiger partial charge in [0.1, 0.15) is 0 Å². The summed E-state index contributed by atoms with van der Waals surface area (Å²) in [4.78, 5) is 13.7. The highest BCUT2D eigenvalue weighted by molar-refractivity contribution is 8.06. The van der Waals surface area contributed by atoms with Crippen LogP contribution in [0.3, 0.4) is 0 Å². The number of hydrogen-bond acceptors (Lipinski definition) is 2. The second kappa shape index (κ2) is 3.97. The van der Waals surface area contributed by atoms with Crippen LogP contribution in [0.25, 0.3) is 0 Å². The van der Waals surface area contributed by atoms with Gasteiger partial charge in [0.15, 0.2) is 5.78 Å². The van der Waals surface area contributed by atoms with Crippen LogP contribution in [0.1, 0.15) is 25.7 Å². The minimum absolute atomic E-state index is 0.292. The van der Waals surface area contributed by atoms with E-state index in [2.05, 4.69) is 18.2 Å². The monoisotopic (exact) mass is 192 g/mol. The van der Waals surface area contributed by atoms with Gasteiger partial charge in [-0.05, 0) is 35.1 Å². The third-order valence-electron chi connectivity index (χ3n) is 2.17. The van der Waals surface area contributed by atoms with E-state index < -0.39 is 0 Å². The SMILES string of the molecule is O=C1C=C(SC2=CC=CC2)CCC1. The Labute approximate surface area is 82.6 Å². The molecule has 0 N–H and O–H groups in total. The van der Waals surface area contributed by atoms with Crippen LogP contribution in [0.15, 0.2) is 34.1 Å². The number of allylic oxidation sites excluding steroid dienone is 6. The first kappa shape index (κ1) is 8.82. The topological polar surface area (TPSA) is 17.1 Å². The fraction of sp³-hybridized carbons (Fsp3) is 0.364. The molecule has 2 aliphatic rings. The number of carbonyl (C=O) groups is 1. The maximum Gasteiger partial charge on any atom is 0.156 e.